The molecule has 2 aliphatic heterocycles. The maximum absolute atomic E-state index is 12.8. The van der Waals surface area contributed by atoms with E-state index in [-0.39, 0.29) is 5.91 Å². The molecule has 168 valence electrons. The van der Waals surface area contributed by atoms with Crippen LogP contribution in [0.1, 0.15) is 47.7 Å². The van der Waals surface area contributed by atoms with Crippen molar-refractivity contribution in [1.29, 1.82) is 5.26 Å². The summed E-state index contributed by atoms with van der Waals surface area (Å²) in [5.41, 5.74) is 4.51. The third kappa shape index (κ3) is 5.38. The van der Waals surface area contributed by atoms with Crippen molar-refractivity contribution in [2.24, 2.45) is 5.92 Å². The third-order valence-corrected chi connectivity index (χ3v) is 6.94. The molecule has 0 atom stereocenters. The van der Waals surface area contributed by atoms with E-state index in [1.54, 1.807) is 0 Å². The smallest absolute Gasteiger partial charge is 0.253 e. The molecule has 4 rings (SSSR count). The number of benzene rings is 2. The number of likely N-dealkylation sites (tertiary alicyclic amines) is 1. The average molecular weight is 431 g/mol. The predicted octanol–water partition coefficient (Wildman–Crippen LogP) is 4.23. The molecule has 0 aromatic heterocycles. The van der Waals surface area contributed by atoms with Gasteiger partial charge in [0.1, 0.15) is 0 Å². The van der Waals surface area contributed by atoms with Gasteiger partial charge in [0.05, 0.1) is 11.6 Å². The van der Waals surface area contributed by atoms with Crippen LogP contribution in [0.5, 0.6) is 0 Å². The van der Waals surface area contributed by atoms with Crippen LogP contribution in [0.25, 0.3) is 11.1 Å². The van der Waals surface area contributed by atoms with Gasteiger partial charge in [-0.1, -0.05) is 31.2 Å². The molecule has 2 fully saturated rings. The lowest BCUT2D eigenvalue weighted by Crippen LogP contribution is -2.37. The molecule has 1 amide bonds. The number of carbonyl (C=O) groups is 1. The van der Waals surface area contributed by atoms with Crippen LogP contribution in [-0.2, 0) is 6.54 Å². The average Bonchev–Trinajstić information content (AvgIpc) is 3.03. The van der Waals surface area contributed by atoms with E-state index in [9.17, 15) is 10.1 Å². The molecule has 0 unspecified atom stereocenters. The fourth-order valence-electron chi connectivity index (χ4n) is 4.74. The van der Waals surface area contributed by atoms with E-state index in [1.807, 2.05) is 35.2 Å². The first-order valence-electron chi connectivity index (χ1n) is 11.9. The van der Waals surface area contributed by atoms with Crippen LogP contribution in [0, 0.1) is 17.2 Å². The summed E-state index contributed by atoms with van der Waals surface area (Å²) in [6.07, 6.45) is 3.34. The van der Waals surface area contributed by atoms with E-state index in [0.717, 1.165) is 75.3 Å². The van der Waals surface area contributed by atoms with Crippen LogP contribution in [0.3, 0.4) is 0 Å². The molecular weight excluding hydrogens is 396 g/mol. The largest absolute Gasteiger partial charge is 0.339 e. The Labute approximate surface area is 192 Å². The van der Waals surface area contributed by atoms with Crippen molar-refractivity contribution in [2.45, 2.75) is 32.7 Å². The van der Waals surface area contributed by atoms with E-state index >= 15 is 0 Å². The first kappa shape index (κ1) is 22.5. The monoisotopic (exact) mass is 430 g/mol. The lowest BCUT2D eigenvalue weighted by Gasteiger charge is -2.30. The molecular formula is C27H34N4O. The molecule has 0 saturated carbocycles. The van der Waals surface area contributed by atoms with Crippen molar-refractivity contribution >= 4 is 5.91 Å². The fraction of sp³-hybridized carbons (Fsp3) is 0.481. The lowest BCUT2D eigenvalue weighted by atomic mass is 9.96. The highest BCUT2D eigenvalue weighted by Crippen LogP contribution is 2.26. The van der Waals surface area contributed by atoms with E-state index in [4.69, 9.17) is 0 Å². The molecule has 32 heavy (non-hydrogen) atoms. The first-order chi connectivity index (χ1) is 15.5. The van der Waals surface area contributed by atoms with Gasteiger partial charge in [-0.3, -0.25) is 9.69 Å². The zero-order valence-electron chi connectivity index (χ0n) is 19.4. The van der Waals surface area contributed by atoms with Gasteiger partial charge >= 0.3 is 0 Å². The molecule has 0 N–H and O–H groups in total. The van der Waals surface area contributed by atoms with E-state index in [0.29, 0.717) is 11.5 Å². The van der Waals surface area contributed by atoms with E-state index in [1.165, 1.54) is 12.0 Å². The molecule has 5 nitrogen and oxygen atoms in total. The Morgan fingerprint density at radius 3 is 2.47 bits per heavy atom. The summed E-state index contributed by atoms with van der Waals surface area (Å²) >= 11 is 0. The number of hydrogen-bond donors (Lipinski definition) is 0. The Hall–Kier alpha value is -2.68. The summed E-state index contributed by atoms with van der Waals surface area (Å²) in [6.45, 7) is 9.21. The van der Waals surface area contributed by atoms with Crippen LogP contribution < -0.4 is 0 Å². The molecule has 5 heteroatoms. The summed E-state index contributed by atoms with van der Waals surface area (Å²) < 4.78 is 0. The zero-order valence-corrected chi connectivity index (χ0v) is 19.4. The molecule has 2 aromatic carbocycles. The third-order valence-electron chi connectivity index (χ3n) is 6.94. The second kappa shape index (κ2) is 10.3. The number of rotatable bonds is 4. The maximum atomic E-state index is 12.8. The van der Waals surface area contributed by atoms with Gasteiger partial charge in [0.2, 0.25) is 0 Å². The van der Waals surface area contributed by atoms with Crippen LogP contribution in [0.4, 0.5) is 0 Å². The number of piperidine rings is 1. The van der Waals surface area contributed by atoms with Crippen LogP contribution >= 0.6 is 0 Å². The molecule has 2 aromatic rings. The van der Waals surface area contributed by atoms with Gasteiger partial charge in [-0.15, -0.1) is 0 Å². The second-order valence-corrected chi connectivity index (χ2v) is 9.48. The molecule has 0 bridgehead atoms. The summed E-state index contributed by atoms with van der Waals surface area (Å²) in [7, 11) is 2.18. The van der Waals surface area contributed by atoms with Gasteiger partial charge in [-0.25, -0.2) is 0 Å². The highest BCUT2D eigenvalue weighted by molar-refractivity contribution is 5.94. The molecule has 2 heterocycles. The summed E-state index contributed by atoms with van der Waals surface area (Å²) in [6, 6.07) is 16.3. The minimum Gasteiger partial charge on any atom is -0.339 e. The van der Waals surface area contributed by atoms with Crippen LogP contribution in [0.2, 0.25) is 0 Å². The number of hydrogen-bond acceptors (Lipinski definition) is 4. The normalized spacial score (nSPS) is 18.8. The molecule has 2 saturated heterocycles. The van der Waals surface area contributed by atoms with E-state index in [2.05, 4.69) is 42.0 Å². The summed E-state index contributed by atoms with van der Waals surface area (Å²) in [5, 5.41) is 9.79. The second-order valence-electron chi connectivity index (χ2n) is 9.48. The number of carbonyl (C=O) groups excluding carboxylic acids is 1. The van der Waals surface area contributed by atoms with Crippen molar-refractivity contribution in [3.63, 3.8) is 0 Å². The molecule has 0 spiro atoms. The minimum absolute atomic E-state index is 0.113. The zero-order chi connectivity index (χ0) is 22.5. The Morgan fingerprint density at radius 2 is 1.75 bits per heavy atom. The first-order valence-corrected chi connectivity index (χ1v) is 11.9. The van der Waals surface area contributed by atoms with Gasteiger partial charge in [-0.2, -0.15) is 5.26 Å². The van der Waals surface area contributed by atoms with E-state index < -0.39 is 0 Å². The lowest BCUT2D eigenvalue weighted by molar-refractivity contribution is 0.0697. The van der Waals surface area contributed by atoms with Gasteiger partial charge in [0.15, 0.2) is 0 Å². The van der Waals surface area contributed by atoms with Crippen molar-refractivity contribution in [3.05, 3.63) is 59.2 Å². The van der Waals surface area contributed by atoms with Gasteiger partial charge < -0.3 is 9.80 Å². The van der Waals surface area contributed by atoms with Crippen LogP contribution in [-0.4, -0.2) is 66.9 Å². The fourth-order valence-corrected chi connectivity index (χ4v) is 4.74. The SMILES string of the molecule is CC1CCN(C(=O)c2ccc(-c3ccc(CN4CCCN(C)CC4)cc3C#N)cc2)CC1. The molecule has 0 radical (unpaired) electrons. The topological polar surface area (TPSA) is 50.6 Å². The Morgan fingerprint density at radius 1 is 1.00 bits per heavy atom. The summed E-state index contributed by atoms with van der Waals surface area (Å²) in [5.74, 6) is 0.817. The van der Waals surface area contributed by atoms with Gasteiger partial charge in [0, 0.05) is 38.3 Å². The molecule has 0 aliphatic carbocycles. The van der Waals surface area contributed by atoms with Crippen molar-refractivity contribution in [1.82, 2.24) is 14.7 Å². The van der Waals surface area contributed by atoms with Crippen molar-refractivity contribution in [2.75, 3.05) is 46.3 Å². The Kier molecular flexibility index (Phi) is 7.24. The maximum Gasteiger partial charge on any atom is 0.253 e. The highest BCUT2D eigenvalue weighted by Gasteiger charge is 2.21. The summed E-state index contributed by atoms with van der Waals surface area (Å²) in [4.78, 5) is 19.6. The van der Waals surface area contributed by atoms with Crippen LogP contribution in [0.15, 0.2) is 42.5 Å². The quantitative estimate of drug-likeness (QED) is 0.728. The van der Waals surface area contributed by atoms with Gasteiger partial charge in [0.25, 0.3) is 5.91 Å². The highest BCUT2D eigenvalue weighted by atomic mass is 16.2. The van der Waals surface area contributed by atoms with Gasteiger partial charge in [-0.05, 0) is 80.2 Å². The Bertz CT molecular complexity index is 970. The number of nitriles is 1. The number of nitrogens with zero attached hydrogens (tertiary/aromatic N) is 4. The van der Waals surface area contributed by atoms with Crippen molar-refractivity contribution in [3.8, 4) is 17.2 Å². The Balaban J connectivity index is 1.46. The minimum atomic E-state index is 0.113. The number of amides is 1. The number of likely N-dealkylation sites (N-methyl/N-ethyl adjacent to an activating group) is 1. The predicted molar refractivity (Wildman–Crippen MR) is 128 cm³/mol. The molecule has 2 aliphatic rings. The standard InChI is InChI=1S/C27H34N4O/c1-21-10-14-31(15-11-21)27(32)24-7-5-23(6-8-24)26-9-4-22(18-25(26)19-28)20-30-13-3-12-29(2)16-17-30/h4-9,18,21H,3,10-17,20H2,1-2H3. The van der Waals surface area contributed by atoms with Crippen molar-refractivity contribution < 1.29 is 4.79 Å².